The molecule has 0 spiro atoms. The molecule has 2 rings (SSSR count). The maximum atomic E-state index is 4.56. The van der Waals surface area contributed by atoms with E-state index in [1.807, 2.05) is 17.5 Å². The highest BCUT2D eigenvalue weighted by atomic mass is 32.1. The second-order valence-electron chi connectivity index (χ2n) is 5.76. The minimum Gasteiger partial charge on any atom is -0.310 e. The zero-order chi connectivity index (χ0) is 15.1. The summed E-state index contributed by atoms with van der Waals surface area (Å²) in [7, 11) is 2.16. The van der Waals surface area contributed by atoms with E-state index in [2.05, 4.69) is 65.7 Å². The van der Waals surface area contributed by atoms with Gasteiger partial charge in [-0.2, -0.15) is 0 Å². The van der Waals surface area contributed by atoms with Crippen molar-refractivity contribution in [3.05, 3.63) is 52.0 Å². The van der Waals surface area contributed by atoms with E-state index in [-0.39, 0.29) is 0 Å². The van der Waals surface area contributed by atoms with E-state index < -0.39 is 0 Å². The van der Waals surface area contributed by atoms with Crippen molar-refractivity contribution in [1.82, 2.24) is 15.2 Å². The summed E-state index contributed by atoms with van der Waals surface area (Å²) in [5, 5.41) is 5.55. The topological polar surface area (TPSA) is 28.2 Å². The second-order valence-corrected chi connectivity index (χ2v) is 6.79. The predicted molar refractivity (Wildman–Crippen MR) is 90.6 cm³/mol. The summed E-state index contributed by atoms with van der Waals surface area (Å²) in [4.78, 5) is 8.34. The van der Waals surface area contributed by atoms with Gasteiger partial charge in [-0.05, 0) is 36.5 Å². The standard InChI is InChI=1S/C17H25N3S/c1-14(2)18-11-15-6-7-16(19-12-15)13-20(3)9-8-17-5-4-10-21-17/h4-7,10,12,14,18H,8-9,11,13H2,1-3H3. The van der Waals surface area contributed by atoms with Crippen LogP contribution in [0.2, 0.25) is 0 Å². The smallest absolute Gasteiger partial charge is 0.0544 e. The summed E-state index contributed by atoms with van der Waals surface area (Å²) in [6.45, 7) is 7.18. The number of nitrogens with zero attached hydrogens (tertiary/aromatic N) is 2. The Labute approximate surface area is 132 Å². The fraction of sp³-hybridized carbons (Fsp3) is 0.471. The van der Waals surface area contributed by atoms with Gasteiger partial charge >= 0.3 is 0 Å². The molecule has 0 amide bonds. The molecule has 1 N–H and O–H groups in total. The Bertz CT molecular complexity index is 505. The first-order valence-corrected chi connectivity index (χ1v) is 8.39. The number of hydrogen-bond acceptors (Lipinski definition) is 4. The van der Waals surface area contributed by atoms with E-state index in [0.29, 0.717) is 6.04 Å². The third-order valence-electron chi connectivity index (χ3n) is 3.35. The fourth-order valence-electron chi connectivity index (χ4n) is 2.09. The molecule has 21 heavy (non-hydrogen) atoms. The Morgan fingerprint density at radius 3 is 2.76 bits per heavy atom. The second kappa shape index (κ2) is 8.27. The molecule has 0 bridgehead atoms. The van der Waals surface area contributed by atoms with E-state index in [4.69, 9.17) is 0 Å². The average molecular weight is 303 g/mol. The molecule has 3 nitrogen and oxygen atoms in total. The van der Waals surface area contributed by atoms with Gasteiger partial charge in [-0.1, -0.05) is 26.0 Å². The molecule has 0 fully saturated rings. The summed E-state index contributed by atoms with van der Waals surface area (Å²) >= 11 is 1.83. The van der Waals surface area contributed by atoms with Gasteiger partial charge in [-0.25, -0.2) is 0 Å². The SMILES string of the molecule is CC(C)NCc1ccc(CN(C)CCc2cccs2)nc1. The highest BCUT2D eigenvalue weighted by Crippen LogP contribution is 2.10. The van der Waals surface area contributed by atoms with Gasteiger partial charge in [0.05, 0.1) is 5.69 Å². The lowest BCUT2D eigenvalue weighted by atomic mass is 10.2. The van der Waals surface area contributed by atoms with E-state index in [1.54, 1.807) is 0 Å². The molecule has 0 saturated heterocycles. The molecule has 2 aromatic heterocycles. The van der Waals surface area contributed by atoms with Gasteiger partial charge in [-0.15, -0.1) is 11.3 Å². The zero-order valence-electron chi connectivity index (χ0n) is 13.2. The number of rotatable bonds is 8. The number of pyridine rings is 1. The number of aromatic nitrogens is 1. The molecule has 2 aromatic rings. The maximum Gasteiger partial charge on any atom is 0.0544 e. The molecule has 0 radical (unpaired) electrons. The number of thiophene rings is 1. The van der Waals surface area contributed by atoms with E-state index >= 15 is 0 Å². The predicted octanol–water partition coefficient (Wildman–Crippen LogP) is 3.32. The Morgan fingerprint density at radius 1 is 1.29 bits per heavy atom. The summed E-state index contributed by atoms with van der Waals surface area (Å²) in [6, 6.07) is 9.13. The largest absolute Gasteiger partial charge is 0.310 e. The van der Waals surface area contributed by atoms with E-state index in [9.17, 15) is 0 Å². The highest BCUT2D eigenvalue weighted by molar-refractivity contribution is 7.09. The molecule has 0 aromatic carbocycles. The third-order valence-corrected chi connectivity index (χ3v) is 4.29. The Balaban J connectivity index is 1.76. The van der Waals surface area contributed by atoms with Crippen molar-refractivity contribution < 1.29 is 0 Å². The van der Waals surface area contributed by atoms with Crippen LogP contribution in [0.25, 0.3) is 0 Å². The Morgan fingerprint density at radius 2 is 2.14 bits per heavy atom. The first kappa shape index (κ1) is 16.1. The van der Waals surface area contributed by atoms with Gasteiger partial charge in [0.1, 0.15) is 0 Å². The van der Waals surface area contributed by atoms with Crippen molar-refractivity contribution in [3.8, 4) is 0 Å². The van der Waals surface area contributed by atoms with E-state index in [1.165, 1.54) is 10.4 Å². The zero-order valence-corrected chi connectivity index (χ0v) is 14.0. The molecule has 0 atom stereocenters. The lowest BCUT2D eigenvalue weighted by Crippen LogP contribution is -2.22. The van der Waals surface area contributed by atoms with Crippen molar-refractivity contribution in [2.75, 3.05) is 13.6 Å². The Kier molecular flexibility index (Phi) is 6.36. The fourth-order valence-corrected chi connectivity index (χ4v) is 2.78. The van der Waals surface area contributed by atoms with Gasteiger partial charge < -0.3 is 10.2 Å². The minimum absolute atomic E-state index is 0.507. The Hall–Kier alpha value is -1.23. The van der Waals surface area contributed by atoms with Crippen molar-refractivity contribution in [3.63, 3.8) is 0 Å². The summed E-state index contributed by atoms with van der Waals surface area (Å²) in [6.07, 6.45) is 3.10. The van der Waals surface area contributed by atoms with Crippen LogP contribution in [0.5, 0.6) is 0 Å². The van der Waals surface area contributed by atoms with Crippen molar-refractivity contribution in [2.45, 2.75) is 39.4 Å². The van der Waals surface area contributed by atoms with Gasteiger partial charge in [0.25, 0.3) is 0 Å². The summed E-state index contributed by atoms with van der Waals surface area (Å²) in [5.41, 5.74) is 2.38. The van der Waals surface area contributed by atoms with Crippen LogP contribution in [-0.2, 0) is 19.5 Å². The molecular formula is C17H25N3S. The lowest BCUT2D eigenvalue weighted by molar-refractivity contribution is 0.328. The van der Waals surface area contributed by atoms with Crippen LogP contribution in [0.3, 0.4) is 0 Å². The maximum absolute atomic E-state index is 4.56. The minimum atomic E-state index is 0.507. The third kappa shape index (κ3) is 5.96. The molecule has 2 heterocycles. The molecule has 0 aliphatic carbocycles. The van der Waals surface area contributed by atoms with Crippen molar-refractivity contribution in [1.29, 1.82) is 0 Å². The highest BCUT2D eigenvalue weighted by Gasteiger charge is 2.03. The summed E-state index contributed by atoms with van der Waals surface area (Å²) < 4.78 is 0. The van der Waals surface area contributed by atoms with Crippen LogP contribution in [-0.4, -0.2) is 29.5 Å². The van der Waals surface area contributed by atoms with Crippen LogP contribution in [0.4, 0.5) is 0 Å². The van der Waals surface area contributed by atoms with Gasteiger partial charge in [0, 0.05) is 36.8 Å². The molecular weight excluding hydrogens is 278 g/mol. The molecule has 0 aliphatic rings. The molecule has 0 saturated carbocycles. The lowest BCUT2D eigenvalue weighted by Gasteiger charge is -2.16. The van der Waals surface area contributed by atoms with Crippen LogP contribution in [0, 0.1) is 0 Å². The van der Waals surface area contributed by atoms with Crippen LogP contribution in [0.1, 0.15) is 30.0 Å². The van der Waals surface area contributed by atoms with E-state index in [0.717, 1.165) is 31.7 Å². The van der Waals surface area contributed by atoms with Crippen molar-refractivity contribution in [2.24, 2.45) is 0 Å². The molecule has 0 aliphatic heterocycles. The average Bonchev–Trinajstić information content (AvgIpc) is 2.98. The van der Waals surface area contributed by atoms with Crippen LogP contribution in [0.15, 0.2) is 35.8 Å². The molecule has 0 unspecified atom stereocenters. The monoisotopic (exact) mass is 303 g/mol. The molecule has 114 valence electrons. The van der Waals surface area contributed by atoms with Crippen LogP contribution >= 0.6 is 11.3 Å². The van der Waals surface area contributed by atoms with Gasteiger partial charge in [0.2, 0.25) is 0 Å². The quantitative estimate of drug-likeness (QED) is 0.811. The summed E-state index contributed by atoms with van der Waals surface area (Å²) in [5.74, 6) is 0. The molecule has 4 heteroatoms. The number of hydrogen-bond donors (Lipinski definition) is 1. The number of likely N-dealkylation sites (N-methyl/N-ethyl adjacent to an activating group) is 1. The number of nitrogens with one attached hydrogen (secondary N) is 1. The first-order chi connectivity index (χ1) is 10.1. The normalized spacial score (nSPS) is 11.5. The van der Waals surface area contributed by atoms with Crippen LogP contribution < -0.4 is 5.32 Å². The van der Waals surface area contributed by atoms with Gasteiger partial charge in [-0.3, -0.25) is 4.98 Å². The van der Waals surface area contributed by atoms with Gasteiger partial charge in [0.15, 0.2) is 0 Å². The van der Waals surface area contributed by atoms with Crippen molar-refractivity contribution >= 4 is 11.3 Å². The first-order valence-electron chi connectivity index (χ1n) is 7.51.